The predicted octanol–water partition coefficient (Wildman–Crippen LogP) is 3.61. The zero-order valence-electron chi connectivity index (χ0n) is 14.1. The van der Waals surface area contributed by atoms with E-state index < -0.39 is 0 Å². The topological polar surface area (TPSA) is 60.2 Å². The number of rotatable bonds is 6. The summed E-state index contributed by atoms with van der Waals surface area (Å²) in [6.07, 6.45) is 0.714. The van der Waals surface area contributed by atoms with Gasteiger partial charge in [-0.15, -0.1) is 24.0 Å². The first kappa shape index (κ1) is 20.9. The molecule has 0 saturated heterocycles. The minimum Gasteiger partial charge on any atom is -0.357 e. The molecule has 0 bridgehead atoms. The van der Waals surface area contributed by atoms with Crippen LogP contribution in [-0.4, -0.2) is 19.0 Å². The van der Waals surface area contributed by atoms with Gasteiger partial charge in [0.05, 0.1) is 18.2 Å². The molecule has 0 heterocycles. The molecule has 4 nitrogen and oxygen atoms in total. The van der Waals surface area contributed by atoms with Gasteiger partial charge in [0.15, 0.2) is 5.96 Å². The summed E-state index contributed by atoms with van der Waals surface area (Å²) in [6.45, 7) is 3.91. The lowest BCUT2D eigenvalue weighted by atomic mass is 10.1. The van der Waals surface area contributed by atoms with E-state index in [2.05, 4.69) is 21.7 Å². The van der Waals surface area contributed by atoms with E-state index in [1.54, 1.807) is 18.2 Å². The van der Waals surface area contributed by atoms with Crippen LogP contribution in [0.1, 0.15) is 23.6 Å². The Morgan fingerprint density at radius 1 is 1.12 bits per heavy atom. The third-order valence-electron chi connectivity index (χ3n) is 3.42. The molecule has 2 rings (SSSR count). The van der Waals surface area contributed by atoms with Crippen LogP contribution in [0.15, 0.2) is 53.5 Å². The van der Waals surface area contributed by atoms with Crippen LogP contribution in [0.4, 0.5) is 4.39 Å². The number of halogens is 2. The summed E-state index contributed by atoms with van der Waals surface area (Å²) in [4.78, 5) is 4.52. The van der Waals surface area contributed by atoms with Crippen LogP contribution in [0.5, 0.6) is 0 Å². The molecular weight excluding hydrogens is 430 g/mol. The van der Waals surface area contributed by atoms with Gasteiger partial charge < -0.3 is 10.6 Å². The minimum atomic E-state index is -0.217. The van der Waals surface area contributed by atoms with Crippen LogP contribution in [0.25, 0.3) is 0 Å². The van der Waals surface area contributed by atoms with E-state index >= 15 is 0 Å². The number of benzene rings is 2. The van der Waals surface area contributed by atoms with Crippen molar-refractivity contribution in [2.24, 2.45) is 4.99 Å². The summed E-state index contributed by atoms with van der Waals surface area (Å²) in [5.74, 6) is 0.488. The molecular formula is C19H22FIN4. The van der Waals surface area contributed by atoms with Crippen molar-refractivity contribution in [1.29, 1.82) is 5.26 Å². The molecule has 0 aliphatic carbocycles. The van der Waals surface area contributed by atoms with E-state index in [0.717, 1.165) is 17.7 Å². The van der Waals surface area contributed by atoms with E-state index in [1.165, 1.54) is 6.07 Å². The molecule has 2 aromatic rings. The van der Waals surface area contributed by atoms with E-state index in [-0.39, 0.29) is 29.8 Å². The standard InChI is InChI=1S/C19H21FN4.HI/c1-2-22-19(23-10-9-15-5-4-8-18(20)12-15)24-14-17-7-3-6-16(11-17)13-21;/h3-8,11-12H,2,9-10,14H2,1H3,(H2,22,23,24);1H. The summed E-state index contributed by atoms with van der Waals surface area (Å²) in [5, 5.41) is 15.3. The molecule has 0 radical (unpaired) electrons. The second kappa shape index (κ2) is 11.4. The van der Waals surface area contributed by atoms with Gasteiger partial charge in [0, 0.05) is 13.1 Å². The monoisotopic (exact) mass is 452 g/mol. The van der Waals surface area contributed by atoms with Crippen LogP contribution in [0.2, 0.25) is 0 Å². The molecule has 0 amide bonds. The fourth-order valence-corrected chi connectivity index (χ4v) is 2.27. The molecule has 6 heteroatoms. The lowest BCUT2D eigenvalue weighted by Crippen LogP contribution is -2.38. The van der Waals surface area contributed by atoms with Gasteiger partial charge in [-0.1, -0.05) is 24.3 Å². The van der Waals surface area contributed by atoms with Crippen molar-refractivity contribution in [2.75, 3.05) is 13.1 Å². The van der Waals surface area contributed by atoms with Crippen molar-refractivity contribution >= 4 is 29.9 Å². The summed E-state index contributed by atoms with van der Waals surface area (Å²) in [6, 6.07) is 16.1. The lowest BCUT2D eigenvalue weighted by Gasteiger charge is -2.11. The Hall–Kier alpha value is -2.14. The molecule has 0 unspecified atom stereocenters. The number of hydrogen-bond donors (Lipinski definition) is 2. The zero-order valence-corrected chi connectivity index (χ0v) is 16.5. The molecule has 0 aliphatic heterocycles. The van der Waals surface area contributed by atoms with Gasteiger partial charge in [-0.05, 0) is 48.7 Å². The predicted molar refractivity (Wildman–Crippen MR) is 109 cm³/mol. The maximum atomic E-state index is 13.2. The zero-order chi connectivity index (χ0) is 17.2. The third-order valence-corrected chi connectivity index (χ3v) is 3.42. The highest BCUT2D eigenvalue weighted by Gasteiger charge is 2.00. The average molecular weight is 452 g/mol. The fraction of sp³-hybridized carbons (Fsp3) is 0.263. The lowest BCUT2D eigenvalue weighted by molar-refractivity contribution is 0.625. The average Bonchev–Trinajstić information content (AvgIpc) is 2.60. The molecule has 2 N–H and O–H groups in total. The van der Waals surface area contributed by atoms with Crippen molar-refractivity contribution in [3.63, 3.8) is 0 Å². The smallest absolute Gasteiger partial charge is 0.191 e. The van der Waals surface area contributed by atoms with Crippen LogP contribution < -0.4 is 10.6 Å². The van der Waals surface area contributed by atoms with Crippen LogP contribution >= 0.6 is 24.0 Å². The van der Waals surface area contributed by atoms with Gasteiger partial charge in [-0.2, -0.15) is 5.26 Å². The van der Waals surface area contributed by atoms with Crippen LogP contribution in [-0.2, 0) is 13.0 Å². The van der Waals surface area contributed by atoms with Gasteiger partial charge in [-0.3, -0.25) is 0 Å². The highest BCUT2D eigenvalue weighted by atomic mass is 127. The summed E-state index contributed by atoms with van der Waals surface area (Å²) in [7, 11) is 0. The Labute approximate surface area is 165 Å². The Balaban J connectivity index is 0.00000312. The van der Waals surface area contributed by atoms with E-state index in [1.807, 2.05) is 31.2 Å². The maximum absolute atomic E-state index is 13.2. The van der Waals surface area contributed by atoms with Crippen LogP contribution in [0, 0.1) is 17.1 Å². The SMILES string of the molecule is CCNC(=NCc1cccc(C#N)c1)NCCc1cccc(F)c1.I. The van der Waals surface area contributed by atoms with Crippen molar-refractivity contribution in [3.8, 4) is 6.07 Å². The molecule has 2 aromatic carbocycles. The van der Waals surface area contributed by atoms with Gasteiger partial charge in [0.2, 0.25) is 0 Å². The maximum Gasteiger partial charge on any atom is 0.191 e. The third kappa shape index (κ3) is 7.52. The summed E-state index contributed by atoms with van der Waals surface area (Å²) < 4.78 is 13.2. The van der Waals surface area contributed by atoms with Gasteiger partial charge >= 0.3 is 0 Å². The largest absolute Gasteiger partial charge is 0.357 e. The van der Waals surface area contributed by atoms with E-state index in [9.17, 15) is 4.39 Å². The van der Waals surface area contributed by atoms with Crippen molar-refractivity contribution in [2.45, 2.75) is 19.9 Å². The Bertz CT molecular complexity index is 740. The van der Waals surface area contributed by atoms with Gasteiger partial charge in [0.1, 0.15) is 5.82 Å². The van der Waals surface area contributed by atoms with Crippen molar-refractivity contribution in [1.82, 2.24) is 10.6 Å². The number of guanidine groups is 1. The van der Waals surface area contributed by atoms with Crippen molar-refractivity contribution in [3.05, 3.63) is 71.0 Å². The second-order valence-corrected chi connectivity index (χ2v) is 5.31. The van der Waals surface area contributed by atoms with Crippen molar-refractivity contribution < 1.29 is 4.39 Å². The quantitative estimate of drug-likeness (QED) is 0.400. The number of hydrogen-bond acceptors (Lipinski definition) is 2. The first-order valence-electron chi connectivity index (χ1n) is 7.97. The number of nitrogens with zero attached hydrogens (tertiary/aromatic N) is 2. The Morgan fingerprint density at radius 3 is 2.60 bits per heavy atom. The number of aliphatic imine (C=N–C) groups is 1. The molecule has 132 valence electrons. The van der Waals surface area contributed by atoms with E-state index in [4.69, 9.17) is 5.26 Å². The number of nitriles is 1. The van der Waals surface area contributed by atoms with E-state index in [0.29, 0.717) is 31.0 Å². The highest BCUT2D eigenvalue weighted by Crippen LogP contribution is 2.06. The number of nitrogens with one attached hydrogen (secondary N) is 2. The molecule has 0 saturated carbocycles. The molecule has 0 fully saturated rings. The Kier molecular flexibility index (Phi) is 9.55. The summed E-state index contributed by atoms with van der Waals surface area (Å²) in [5.41, 5.74) is 2.56. The molecule has 0 aromatic heterocycles. The highest BCUT2D eigenvalue weighted by molar-refractivity contribution is 14.0. The normalized spacial score (nSPS) is 10.5. The van der Waals surface area contributed by atoms with Gasteiger partial charge in [-0.25, -0.2) is 9.38 Å². The first-order valence-corrected chi connectivity index (χ1v) is 7.97. The second-order valence-electron chi connectivity index (χ2n) is 5.31. The minimum absolute atomic E-state index is 0. The molecule has 25 heavy (non-hydrogen) atoms. The molecule has 0 spiro atoms. The fourth-order valence-electron chi connectivity index (χ4n) is 2.27. The Morgan fingerprint density at radius 2 is 1.88 bits per heavy atom. The summed E-state index contributed by atoms with van der Waals surface area (Å²) >= 11 is 0. The molecule has 0 aliphatic rings. The van der Waals surface area contributed by atoms with Gasteiger partial charge in [0.25, 0.3) is 0 Å². The molecule has 0 atom stereocenters. The van der Waals surface area contributed by atoms with Crippen LogP contribution in [0.3, 0.4) is 0 Å². The first-order chi connectivity index (χ1) is 11.7.